The molecule has 0 spiro atoms. The maximum Gasteiger partial charge on any atom is 0.309 e. The molecule has 0 bridgehead atoms. The van der Waals surface area contributed by atoms with Crippen LogP contribution in [-0.2, 0) is 19.1 Å². The first-order valence-corrected chi connectivity index (χ1v) is 5.97. The molecule has 4 N–H and O–H groups in total. The van der Waals surface area contributed by atoms with Crippen LogP contribution in [0.3, 0.4) is 0 Å². The van der Waals surface area contributed by atoms with E-state index in [1.165, 1.54) is 6.92 Å². The van der Waals surface area contributed by atoms with Gasteiger partial charge in [0.25, 0.3) is 0 Å². The fourth-order valence-corrected chi connectivity index (χ4v) is 1.86. The van der Waals surface area contributed by atoms with E-state index in [1.54, 1.807) is 6.92 Å². The predicted molar refractivity (Wildman–Crippen MR) is 65.2 cm³/mol. The van der Waals surface area contributed by atoms with Gasteiger partial charge in [-0.15, -0.1) is 0 Å². The number of carbonyl (C=O) groups is 2. The average molecular weight is 278 g/mol. The molecule has 7 nitrogen and oxygen atoms in total. The number of hydrogen-bond acceptors (Lipinski definition) is 6. The van der Waals surface area contributed by atoms with Crippen molar-refractivity contribution in [1.82, 2.24) is 0 Å². The topological polar surface area (TPSA) is 125 Å². The molecule has 1 heterocycles. The van der Waals surface area contributed by atoms with Crippen LogP contribution < -0.4 is 0 Å². The zero-order chi connectivity index (χ0) is 13.8. The van der Waals surface area contributed by atoms with Gasteiger partial charge in [-0.1, -0.05) is 0 Å². The lowest BCUT2D eigenvalue weighted by Crippen LogP contribution is -2.41. The zero-order valence-corrected chi connectivity index (χ0v) is 11.3. The van der Waals surface area contributed by atoms with Gasteiger partial charge in [-0.3, -0.25) is 9.59 Å². The van der Waals surface area contributed by atoms with Crippen molar-refractivity contribution >= 4 is 11.9 Å². The Bertz CT molecular complexity index is 326. The summed E-state index contributed by atoms with van der Waals surface area (Å²) in [4.78, 5) is 22.8. The van der Waals surface area contributed by atoms with Gasteiger partial charge in [0.1, 0.15) is 5.60 Å². The minimum absolute atomic E-state index is 0. The molecule has 0 aromatic heterocycles. The molecule has 0 aromatic rings. The van der Waals surface area contributed by atoms with Gasteiger partial charge in [-0.05, 0) is 20.3 Å². The fourth-order valence-electron chi connectivity index (χ4n) is 1.86. The molecule has 0 aliphatic carbocycles. The molecular weight excluding hydrogens is 256 g/mol. The number of aliphatic hydroxyl groups is 2. The van der Waals surface area contributed by atoms with E-state index in [0.717, 1.165) is 0 Å². The lowest BCUT2D eigenvalue weighted by atomic mass is 9.95. The quantitative estimate of drug-likeness (QED) is 0.642. The summed E-state index contributed by atoms with van der Waals surface area (Å²) in [5.41, 5.74) is -2.15. The van der Waals surface area contributed by atoms with Gasteiger partial charge in [0.05, 0.1) is 25.0 Å². The van der Waals surface area contributed by atoms with Gasteiger partial charge < -0.3 is 25.2 Å². The number of rotatable bonds is 5. The Labute approximate surface area is 111 Å². The molecular formula is C12H22O7. The molecule has 1 rings (SSSR count). The molecule has 1 fully saturated rings. The highest BCUT2D eigenvalue weighted by molar-refractivity contribution is 5.74. The summed E-state index contributed by atoms with van der Waals surface area (Å²) in [5.74, 6) is -0.968. The van der Waals surface area contributed by atoms with E-state index in [9.17, 15) is 14.7 Å². The van der Waals surface area contributed by atoms with Crippen molar-refractivity contribution in [1.29, 1.82) is 0 Å². The van der Waals surface area contributed by atoms with Crippen LogP contribution in [0.15, 0.2) is 0 Å². The van der Waals surface area contributed by atoms with Crippen LogP contribution in [0.5, 0.6) is 0 Å². The maximum absolute atomic E-state index is 11.7. The molecule has 1 saturated heterocycles. The standard InChI is InChI=1S/C12H20O6.H2O/c1-11(16,3-5-13)7-10(15)18-12(2)4-6-17-9(14)8-12;/h13,16H,3-8H2,1-2H3;1H2/t11-,12?;/m1./s1. The highest BCUT2D eigenvalue weighted by atomic mass is 16.6. The van der Waals surface area contributed by atoms with Crippen LogP contribution in [0.4, 0.5) is 0 Å². The van der Waals surface area contributed by atoms with Gasteiger partial charge in [-0.25, -0.2) is 0 Å². The summed E-state index contributed by atoms with van der Waals surface area (Å²) < 4.78 is 10.0. The number of aliphatic hydroxyl groups excluding tert-OH is 1. The van der Waals surface area contributed by atoms with Crippen LogP contribution in [0.1, 0.15) is 39.5 Å². The summed E-state index contributed by atoms with van der Waals surface area (Å²) in [6.45, 7) is 3.16. The van der Waals surface area contributed by atoms with Crippen LogP contribution in [-0.4, -0.2) is 52.0 Å². The molecule has 19 heavy (non-hydrogen) atoms. The predicted octanol–water partition coefficient (Wildman–Crippen LogP) is -0.676. The minimum Gasteiger partial charge on any atom is -0.465 e. The van der Waals surface area contributed by atoms with Crippen molar-refractivity contribution in [2.75, 3.05) is 13.2 Å². The van der Waals surface area contributed by atoms with Gasteiger partial charge in [0.15, 0.2) is 0 Å². The van der Waals surface area contributed by atoms with Crippen molar-refractivity contribution in [2.24, 2.45) is 0 Å². The van der Waals surface area contributed by atoms with E-state index in [4.69, 9.17) is 14.6 Å². The molecule has 1 aliphatic heterocycles. The SMILES string of the molecule is CC1(OC(=O)C[C@](C)(O)CCO)CCOC(=O)C1.O. The van der Waals surface area contributed by atoms with Crippen LogP contribution in [0.25, 0.3) is 0 Å². The van der Waals surface area contributed by atoms with Crippen LogP contribution in [0.2, 0.25) is 0 Å². The second-order valence-corrected chi connectivity index (χ2v) is 5.22. The van der Waals surface area contributed by atoms with Crippen LogP contribution >= 0.6 is 0 Å². The Hall–Kier alpha value is -1.18. The third kappa shape index (κ3) is 6.00. The van der Waals surface area contributed by atoms with Gasteiger partial charge in [-0.2, -0.15) is 0 Å². The molecule has 1 unspecified atom stereocenters. The Morgan fingerprint density at radius 2 is 2.21 bits per heavy atom. The smallest absolute Gasteiger partial charge is 0.309 e. The fraction of sp³-hybridized carbons (Fsp3) is 0.833. The van der Waals surface area contributed by atoms with E-state index >= 15 is 0 Å². The number of hydrogen-bond donors (Lipinski definition) is 2. The normalized spacial score (nSPS) is 25.8. The van der Waals surface area contributed by atoms with Crippen molar-refractivity contribution in [2.45, 2.75) is 50.7 Å². The summed E-state index contributed by atoms with van der Waals surface area (Å²) in [6, 6.07) is 0. The summed E-state index contributed by atoms with van der Waals surface area (Å²) in [6.07, 6.45) is 0.368. The Morgan fingerprint density at radius 1 is 1.58 bits per heavy atom. The van der Waals surface area contributed by atoms with Gasteiger partial charge in [0, 0.05) is 13.0 Å². The van der Waals surface area contributed by atoms with E-state index in [1.807, 2.05) is 0 Å². The average Bonchev–Trinajstić information content (AvgIpc) is 2.13. The van der Waals surface area contributed by atoms with E-state index in [2.05, 4.69) is 0 Å². The molecule has 0 radical (unpaired) electrons. The largest absolute Gasteiger partial charge is 0.465 e. The van der Waals surface area contributed by atoms with E-state index < -0.39 is 23.1 Å². The maximum atomic E-state index is 11.7. The Kier molecular flexibility index (Phi) is 6.41. The van der Waals surface area contributed by atoms with Gasteiger partial charge in [0.2, 0.25) is 0 Å². The Morgan fingerprint density at radius 3 is 2.74 bits per heavy atom. The van der Waals surface area contributed by atoms with E-state index in [-0.39, 0.29) is 38.0 Å². The van der Waals surface area contributed by atoms with Crippen molar-refractivity contribution < 1.29 is 34.8 Å². The number of cyclic esters (lactones) is 1. The molecule has 0 aromatic carbocycles. The third-order valence-electron chi connectivity index (χ3n) is 2.95. The molecule has 0 saturated carbocycles. The molecule has 1 aliphatic rings. The first-order valence-electron chi connectivity index (χ1n) is 5.97. The first-order chi connectivity index (χ1) is 8.26. The van der Waals surface area contributed by atoms with Crippen molar-refractivity contribution in [3.63, 3.8) is 0 Å². The number of carbonyl (C=O) groups excluding carboxylic acids is 2. The Balaban J connectivity index is 0.00000324. The molecule has 0 amide bonds. The number of ether oxygens (including phenoxy) is 2. The lowest BCUT2D eigenvalue weighted by Gasteiger charge is -2.33. The molecule has 2 atom stereocenters. The monoisotopic (exact) mass is 278 g/mol. The highest BCUT2D eigenvalue weighted by Crippen LogP contribution is 2.27. The number of esters is 2. The molecule has 112 valence electrons. The first kappa shape index (κ1) is 17.8. The second-order valence-electron chi connectivity index (χ2n) is 5.22. The highest BCUT2D eigenvalue weighted by Gasteiger charge is 2.37. The summed E-state index contributed by atoms with van der Waals surface area (Å²) in [7, 11) is 0. The van der Waals surface area contributed by atoms with Gasteiger partial charge >= 0.3 is 11.9 Å². The third-order valence-corrected chi connectivity index (χ3v) is 2.95. The van der Waals surface area contributed by atoms with Crippen molar-refractivity contribution in [3.05, 3.63) is 0 Å². The van der Waals surface area contributed by atoms with Crippen LogP contribution in [0, 0.1) is 0 Å². The lowest BCUT2D eigenvalue weighted by molar-refractivity contribution is -0.178. The van der Waals surface area contributed by atoms with E-state index in [0.29, 0.717) is 6.42 Å². The second kappa shape index (κ2) is 6.83. The minimum atomic E-state index is -1.29. The molecule has 7 heteroatoms. The summed E-state index contributed by atoms with van der Waals surface area (Å²) >= 11 is 0. The summed E-state index contributed by atoms with van der Waals surface area (Å²) in [5, 5.41) is 18.5. The van der Waals surface area contributed by atoms with Crippen molar-refractivity contribution in [3.8, 4) is 0 Å². The zero-order valence-electron chi connectivity index (χ0n) is 11.3.